The fourth-order valence-corrected chi connectivity index (χ4v) is 0.782. The molecule has 88 valence electrons. The zero-order valence-corrected chi connectivity index (χ0v) is 8.91. The third-order valence-electron chi connectivity index (χ3n) is 1.48. The summed E-state index contributed by atoms with van der Waals surface area (Å²) in [6, 6.07) is -0.802. The summed E-state index contributed by atoms with van der Waals surface area (Å²) in [4.78, 5) is 12.3. The second-order valence-corrected chi connectivity index (χ2v) is 3.44. The lowest BCUT2D eigenvalue weighted by Crippen LogP contribution is -2.42. The first kappa shape index (κ1) is 13.9. The van der Waals surface area contributed by atoms with Crippen LogP contribution in [0.2, 0.25) is 0 Å². The molecule has 0 saturated heterocycles. The molecule has 0 fully saturated rings. The van der Waals surface area contributed by atoms with E-state index in [1.807, 2.05) is 0 Å². The highest BCUT2D eigenvalue weighted by Gasteiger charge is 2.28. The van der Waals surface area contributed by atoms with Gasteiger partial charge in [0.2, 0.25) is 0 Å². The van der Waals surface area contributed by atoms with E-state index in [0.29, 0.717) is 0 Å². The second kappa shape index (κ2) is 5.74. The maximum absolute atomic E-state index is 11.7. The molecule has 0 heterocycles. The van der Waals surface area contributed by atoms with Crippen LogP contribution in [0.25, 0.3) is 0 Å². The van der Waals surface area contributed by atoms with Crippen molar-refractivity contribution in [3.05, 3.63) is 0 Å². The van der Waals surface area contributed by atoms with Crippen molar-refractivity contribution in [2.75, 3.05) is 20.1 Å². The molecule has 0 aliphatic carbocycles. The average molecular weight is 243 g/mol. The third kappa shape index (κ3) is 7.98. The quantitative estimate of drug-likeness (QED) is 0.720. The number of alkyl halides is 3. The Morgan fingerprint density at radius 1 is 1.53 bits per heavy atom. The Labute approximate surface area is 90.6 Å². The number of carbonyl (C=O) groups is 1. The molecule has 0 unspecified atom stereocenters. The van der Waals surface area contributed by atoms with Crippen molar-refractivity contribution in [2.24, 2.45) is 5.73 Å². The molecule has 8 heteroatoms. The van der Waals surface area contributed by atoms with Crippen molar-refractivity contribution >= 4 is 23.2 Å². The number of hydrogen-bond donors (Lipinski definition) is 2. The van der Waals surface area contributed by atoms with E-state index in [1.165, 1.54) is 7.05 Å². The maximum Gasteiger partial charge on any atom is 0.405 e. The summed E-state index contributed by atoms with van der Waals surface area (Å²) in [5.74, 6) is 0. The molecule has 0 rings (SSSR count). The lowest BCUT2D eigenvalue weighted by molar-refractivity contribution is -0.123. The van der Waals surface area contributed by atoms with E-state index in [9.17, 15) is 18.0 Å². The van der Waals surface area contributed by atoms with Gasteiger partial charge in [0.15, 0.2) is 0 Å². The van der Waals surface area contributed by atoms with Gasteiger partial charge in [0.25, 0.3) is 0 Å². The average Bonchev–Trinajstić information content (AvgIpc) is 2.08. The topological polar surface area (TPSA) is 58.4 Å². The van der Waals surface area contributed by atoms with E-state index in [-0.39, 0.29) is 18.0 Å². The molecule has 3 N–H and O–H groups in total. The number of halogens is 3. The number of nitrogens with one attached hydrogen (secondary N) is 1. The molecule has 0 radical (unpaired) electrons. The van der Waals surface area contributed by atoms with Crippen LogP contribution in [0.3, 0.4) is 0 Å². The molecule has 0 bridgehead atoms. The molecule has 15 heavy (non-hydrogen) atoms. The summed E-state index contributed by atoms with van der Waals surface area (Å²) in [6.07, 6.45) is -4.12. The number of thiocarbonyl (C=S) groups is 1. The van der Waals surface area contributed by atoms with Crippen LogP contribution in [-0.4, -0.2) is 42.2 Å². The smallest absolute Gasteiger partial charge is 0.393 e. The fraction of sp³-hybridized carbons (Fsp3) is 0.714. The predicted molar refractivity (Wildman–Crippen MR) is 53.5 cm³/mol. The standard InChI is InChI=1S/C7H12F3N3OS/c1-13(3-2-5(11)15)6(14)12-4-7(8,9)10/h2-4H2,1H3,(H2,11,15)(H,12,14). The minimum absolute atomic E-state index is 0.193. The van der Waals surface area contributed by atoms with Crippen LogP contribution in [0, 0.1) is 0 Å². The lowest BCUT2D eigenvalue weighted by Gasteiger charge is -2.18. The lowest BCUT2D eigenvalue weighted by atomic mass is 10.4. The molecule has 2 amide bonds. The van der Waals surface area contributed by atoms with E-state index in [1.54, 1.807) is 5.32 Å². The van der Waals surface area contributed by atoms with Gasteiger partial charge in [0, 0.05) is 20.0 Å². The number of urea groups is 1. The Bertz CT molecular complexity index is 244. The molecule has 4 nitrogen and oxygen atoms in total. The first-order valence-electron chi connectivity index (χ1n) is 4.06. The van der Waals surface area contributed by atoms with Crippen molar-refractivity contribution in [3.63, 3.8) is 0 Å². The van der Waals surface area contributed by atoms with Crippen molar-refractivity contribution in [1.82, 2.24) is 10.2 Å². The van der Waals surface area contributed by atoms with Crippen molar-refractivity contribution in [1.29, 1.82) is 0 Å². The van der Waals surface area contributed by atoms with Gasteiger partial charge in [-0.05, 0) is 0 Å². The van der Waals surface area contributed by atoms with Gasteiger partial charge < -0.3 is 16.0 Å². The minimum atomic E-state index is -4.40. The fourth-order valence-electron chi connectivity index (χ4n) is 0.690. The predicted octanol–water partition coefficient (Wildman–Crippen LogP) is 0.866. The SMILES string of the molecule is CN(CCC(N)=S)C(=O)NCC(F)(F)F. The van der Waals surface area contributed by atoms with Crippen molar-refractivity contribution < 1.29 is 18.0 Å². The molecule has 0 atom stereocenters. The molecular formula is C7H12F3N3OS. The second-order valence-electron chi connectivity index (χ2n) is 2.91. The summed E-state index contributed by atoms with van der Waals surface area (Å²) in [7, 11) is 1.37. The first-order valence-corrected chi connectivity index (χ1v) is 4.47. The highest BCUT2D eigenvalue weighted by atomic mass is 32.1. The van der Waals surface area contributed by atoms with Gasteiger partial charge >= 0.3 is 12.2 Å². The molecule has 0 aliphatic heterocycles. The molecule has 0 aromatic heterocycles. The Hall–Kier alpha value is -1.05. The number of nitrogens with zero attached hydrogens (tertiary/aromatic N) is 1. The molecule has 0 saturated carbocycles. The third-order valence-corrected chi connectivity index (χ3v) is 1.68. The van der Waals surface area contributed by atoms with E-state index >= 15 is 0 Å². The van der Waals surface area contributed by atoms with Crippen molar-refractivity contribution in [2.45, 2.75) is 12.6 Å². The van der Waals surface area contributed by atoms with Crippen LogP contribution in [-0.2, 0) is 0 Å². The molecule has 0 aromatic carbocycles. The number of rotatable bonds is 4. The first-order chi connectivity index (χ1) is 6.72. The van der Waals surface area contributed by atoms with E-state index < -0.39 is 18.8 Å². The van der Waals surface area contributed by atoms with Gasteiger partial charge in [-0.15, -0.1) is 0 Å². The zero-order valence-electron chi connectivity index (χ0n) is 8.10. The van der Waals surface area contributed by atoms with Gasteiger partial charge in [-0.2, -0.15) is 13.2 Å². The van der Waals surface area contributed by atoms with E-state index in [4.69, 9.17) is 5.73 Å². The zero-order chi connectivity index (χ0) is 12.1. The van der Waals surface area contributed by atoms with Gasteiger partial charge in [-0.3, -0.25) is 0 Å². The summed E-state index contributed by atoms with van der Waals surface area (Å²) in [5.41, 5.74) is 5.18. The van der Waals surface area contributed by atoms with Crippen LogP contribution in [0.4, 0.5) is 18.0 Å². The highest BCUT2D eigenvalue weighted by molar-refractivity contribution is 7.80. The minimum Gasteiger partial charge on any atom is -0.393 e. The maximum atomic E-state index is 11.7. The van der Waals surface area contributed by atoms with Crippen LogP contribution >= 0.6 is 12.2 Å². The van der Waals surface area contributed by atoms with Gasteiger partial charge in [-0.1, -0.05) is 12.2 Å². The summed E-state index contributed by atoms with van der Waals surface area (Å²) >= 11 is 4.56. The Morgan fingerprint density at radius 3 is 2.47 bits per heavy atom. The number of nitrogens with two attached hydrogens (primary N) is 1. The van der Waals surface area contributed by atoms with Gasteiger partial charge in [0.05, 0.1) is 4.99 Å². The highest BCUT2D eigenvalue weighted by Crippen LogP contribution is 2.12. The van der Waals surface area contributed by atoms with E-state index in [0.717, 1.165) is 4.90 Å². The van der Waals surface area contributed by atoms with Gasteiger partial charge in [0.1, 0.15) is 6.54 Å². The number of carbonyl (C=O) groups excluding carboxylic acids is 1. The summed E-state index contributed by atoms with van der Waals surface area (Å²) < 4.78 is 35.2. The summed E-state index contributed by atoms with van der Waals surface area (Å²) in [5, 5.41) is 1.72. The number of hydrogen-bond acceptors (Lipinski definition) is 2. The normalized spacial score (nSPS) is 10.9. The molecule has 0 spiro atoms. The monoisotopic (exact) mass is 243 g/mol. The Kier molecular flexibility index (Phi) is 5.34. The molecular weight excluding hydrogens is 231 g/mol. The largest absolute Gasteiger partial charge is 0.405 e. The Balaban J connectivity index is 3.84. The Morgan fingerprint density at radius 2 is 2.07 bits per heavy atom. The van der Waals surface area contributed by atoms with Crippen molar-refractivity contribution in [3.8, 4) is 0 Å². The molecule has 0 aliphatic rings. The van der Waals surface area contributed by atoms with Gasteiger partial charge in [-0.25, -0.2) is 4.79 Å². The number of amides is 2. The van der Waals surface area contributed by atoms with Crippen LogP contribution in [0.1, 0.15) is 6.42 Å². The van der Waals surface area contributed by atoms with Crippen LogP contribution in [0.15, 0.2) is 0 Å². The van der Waals surface area contributed by atoms with Crippen LogP contribution in [0.5, 0.6) is 0 Å². The van der Waals surface area contributed by atoms with E-state index in [2.05, 4.69) is 12.2 Å². The summed E-state index contributed by atoms with van der Waals surface area (Å²) in [6.45, 7) is -1.15. The molecule has 0 aromatic rings. The van der Waals surface area contributed by atoms with Crippen LogP contribution < -0.4 is 11.1 Å².